The lowest BCUT2D eigenvalue weighted by molar-refractivity contribution is -0.139. The standard InChI is InChI=1S/C15H16N2O5S/c1-10-2-3-11(22-10)8-12-14(19)17(15(20)23-12)9-13(18)16-4-6-21-7-5-16/h2-3,8H,4-7,9H2,1H3/b12-8+. The Morgan fingerprint density at radius 1 is 1.30 bits per heavy atom. The molecule has 0 spiro atoms. The number of ether oxygens (including phenoxy) is 1. The molecule has 2 saturated heterocycles. The van der Waals surface area contributed by atoms with E-state index in [0.717, 1.165) is 22.4 Å². The summed E-state index contributed by atoms with van der Waals surface area (Å²) in [5.41, 5.74) is 0. The van der Waals surface area contributed by atoms with Gasteiger partial charge in [0.2, 0.25) is 5.91 Å². The van der Waals surface area contributed by atoms with Gasteiger partial charge in [0, 0.05) is 19.2 Å². The van der Waals surface area contributed by atoms with Gasteiger partial charge in [0.25, 0.3) is 11.1 Å². The molecule has 0 atom stereocenters. The molecule has 7 nitrogen and oxygen atoms in total. The molecule has 122 valence electrons. The molecule has 23 heavy (non-hydrogen) atoms. The summed E-state index contributed by atoms with van der Waals surface area (Å²) >= 11 is 0.818. The van der Waals surface area contributed by atoms with Gasteiger partial charge in [-0.05, 0) is 30.8 Å². The number of furan rings is 1. The zero-order chi connectivity index (χ0) is 16.4. The lowest BCUT2D eigenvalue weighted by atomic mass is 10.3. The summed E-state index contributed by atoms with van der Waals surface area (Å²) in [5, 5.41) is -0.439. The summed E-state index contributed by atoms with van der Waals surface area (Å²) in [7, 11) is 0. The molecular weight excluding hydrogens is 320 g/mol. The summed E-state index contributed by atoms with van der Waals surface area (Å²) in [6, 6.07) is 3.50. The van der Waals surface area contributed by atoms with Crippen LogP contribution in [-0.4, -0.2) is 59.7 Å². The molecule has 0 aliphatic carbocycles. The van der Waals surface area contributed by atoms with Crippen molar-refractivity contribution in [3.8, 4) is 0 Å². The predicted octanol–water partition coefficient (Wildman–Crippen LogP) is 1.48. The summed E-state index contributed by atoms with van der Waals surface area (Å²) in [5.74, 6) is 0.520. The third kappa shape index (κ3) is 3.48. The number of hydrogen-bond donors (Lipinski definition) is 0. The molecule has 8 heteroatoms. The van der Waals surface area contributed by atoms with Gasteiger partial charge < -0.3 is 14.1 Å². The first-order valence-corrected chi connectivity index (χ1v) is 8.03. The van der Waals surface area contributed by atoms with Crippen molar-refractivity contribution in [3.05, 3.63) is 28.6 Å². The molecule has 2 aliphatic rings. The highest BCUT2D eigenvalue weighted by Crippen LogP contribution is 2.32. The number of aryl methyl sites for hydroxylation is 1. The average Bonchev–Trinajstić information content (AvgIpc) is 3.07. The Morgan fingerprint density at radius 3 is 2.70 bits per heavy atom. The summed E-state index contributed by atoms with van der Waals surface area (Å²) in [6.07, 6.45) is 1.52. The minimum atomic E-state index is -0.462. The molecule has 1 aromatic rings. The van der Waals surface area contributed by atoms with Crippen LogP contribution in [0.2, 0.25) is 0 Å². The molecule has 2 aliphatic heterocycles. The molecule has 2 fully saturated rings. The quantitative estimate of drug-likeness (QED) is 0.778. The Morgan fingerprint density at radius 2 is 2.04 bits per heavy atom. The lowest BCUT2D eigenvalue weighted by Crippen LogP contribution is -2.46. The number of hydrogen-bond acceptors (Lipinski definition) is 6. The Balaban J connectivity index is 1.68. The number of carbonyl (C=O) groups excluding carboxylic acids is 3. The third-order valence-electron chi connectivity index (χ3n) is 3.57. The summed E-state index contributed by atoms with van der Waals surface area (Å²) in [6.45, 7) is 3.48. The Hall–Kier alpha value is -2.06. The topological polar surface area (TPSA) is 80.1 Å². The summed E-state index contributed by atoms with van der Waals surface area (Å²) in [4.78, 5) is 39.4. The number of carbonyl (C=O) groups is 3. The van der Waals surface area contributed by atoms with Crippen molar-refractivity contribution in [1.82, 2.24) is 9.80 Å². The molecule has 0 radical (unpaired) electrons. The van der Waals surface area contributed by atoms with Crippen molar-refractivity contribution >= 4 is 34.9 Å². The van der Waals surface area contributed by atoms with E-state index in [9.17, 15) is 14.4 Å². The highest BCUT2D eigenvalue weighted by molar-refractivity contribution is 8.18. The SMILES string of the molecule is Cc1ccc(/C=C2/SC(=O)N(CC(=O)N3CCOCC3)C2=O)o1. The van der Waals surface area contributed by atoms with Crippen LogP contribution in [-0.2, 0) is 14.3 Å². The van der Waals surface area contributed by atoms with Crippen molar-refractivity contribution < 1.29 is 23.5 Å². The number of imide groups is 1. The second kappa shape index (κ2) is 6.59. The minimum absolute atomic E-state index is 0.237. The molecule has 0 saturated carbocycles. The third-order valence-corrected chi connectivity index (χ3v) is 4.47. The number of morpholine rings is 1. The second-order valence-corrected chi connectivity index (χ2v) is 6.20. The van der Waals surface area contributed by atoms with Crippen molar-refractivity contribution in [3.63, 3.8) is 0 Å². The van der Waals surface area contributed by atoms with Gasteiger partial charge in [0.15, 0.2) is 0 Å². The lowest BCUT2D eigenvalue weighted by Gasteiger charge is -2.27. The van der Waals surface area contributed by atoms with E-state index in [4.69, 9.17) is 9.15 Å². The van der Waals surface area contributed by atoms with E-state index in [2.05, 4.69) is 0 Å². The van der Waals surface area contributed by atoms with E-state index < -0.39 is 11.1 Å². The fourth-order valence-electron chi connectivity index (χ4n) is 2.34. The van der Waals surface area contributed by atoms with Gasteiger partial charge in [-0.25, -0.2) is 0 Å². The Bertz CT molecular complexity index is 675. The van der Waals surface area contributed by atoms with Gasteiger partial charge in [-0.2, -0.15) is 0 Å². The van der Waals surface area contributed by atoms with Crippen molar-refractivity contribution in [1.29, 1.82) is 0 Å². The van der Waals surface area contributed by atoms with Gasteiger partial charge in [0.1, 0.15) is 18.1 Å². The number of amides is 3. The van der Waals surface area contributed by atoms with Crippen LogP contribution in [0.3, 0.4) is 0 Å². The highest BCUT2D eigenvalue weighted by Gasteiger charge is 2.37. The largest absolute Gasteiger partial charge is 0.462 e. The van der Waals surface area contributed by atoms with Crippen LogP contribution in [0.25, 0.3) is 6.08 Å². The van der Waals surface area contributed by atoms with Crippen LogP contribution >= 0.6 is 11.8 Å². The first kappa shape index (κ1) is 15.8. The van der Waals surface area contributed by atoms with Crippen molar-refractivity contribution in [2.75, 3.05) is 32.8 Å². The predicted molar refractivity (Wildman–Crippen MR) is 83.5 cm³/mol. The molecule has 1 aromatic heterocycles. The Labute approximate surface area is 137 Å². The zero-order valence-electron chi connectivity index (χ0n) is 12.6. The molecular formula is C15H16N2O5S. The van der Waals surface area contributed by atoms with E-state index in [1.165, 1.54) is 6.08 Å². The van der Waals surface area contributed by atoms with Crippen molar-refractivity contribution in [2.45, 2.75) is 6.92 Å². The maximum absolute atomic E-state index is 12.3. The fourth-order valence-corrected chi connectivity index (χ4v) is 3.16. The van der Waals surface area contributed by atoms with Crippen LogP contribution in [0, 0.1) is 6.92 Å². The molecule has 0 unspecified atom stereocenters. The summed E-state index contributed by atoms with van der Waals surface area (Å²) < 4.78 is 10.6. The normalized spacial score (nSPS) is 20.7. The van der Waals surface area contributed by atoms with E-state index in [0.29, 0.717) is 32.1 Å². The van der Waals surface area contributed by atoms with Gasteiger partial charge in [0.05, 0.1) is 18.1 Å². The van der Waals surface area contributed by atoms with Gasteiger partial charge in [-0.15, -0.1) is 0 Å². The smallest absolute Gasteiger partial charge is 0.294 e. The maximum Gasteiger partial charge on any atom is 0.294 e. The van der Waals surface area contributed by atoms with E-state index in [-0.39, 0.29) is 17.4 Å². The van der Waals surface area contributed by atoms with Crippen molar-refractivity contribution in [2.24, 2.45) is 0 Å². The maximum atomic E-state index is 12.3. The molecule has 0 bridgehead atoms. The van der Waals surface area contributed by atoms with Gasteiger partial charge in [-0.3, -0.25) is 19.3 Å². The second-order valence-electron chi connectivity index (χ2n) is 5.21. The van der Waals surface area contributed by atoms with Crippen LogP contribution < -0.4 is 0 Å². The monoisotopic (exact) mass is 336 g/mol. The average molecular weight is 336 g/mol. The first-order valence-electron chi connectivity index (χ1n) is 7.22. The Kier molecular flexibility index (Phi) is 4.53. The van der Waals surface area contributed by atoms with Crippen LogP contribution in [0.5, 0.6) is 0 Å². The highest BCUT2D eigenvalue weighted by atomic mass is 32.2. The number of rotatable bonds is 3. The van der Waals surface area contributed by atoms with Gasteiger partial charge >= 0.3 is 0 Å². The van der Waals surface area contributed by atoms with Gasteiger partial charge in [-0.1, -0.05) is 0 Å². The zero-order valence-corrected chi connectivity index (χ0v) is 13.4. The molecule has 3 amide bonds. The molecule has 3 rings (SSSR count). The molecule has 3 heterocycles. The van der Waals surface area contributed by atoms with E-state index >= 15 is 0 Å². The molecule has 0 N–H and O–H groups in total. The van der Waals surface area contributed by atoms with Crippen LogP contribution in [0.15, 0.2) is 21.5 Å². The number of thioether (sulfide) groups is 1. The minimum Gasteiger partial charge on any atom is -0.462 e. The van der Waals surface area contributed by atoms with E-state index in [1.54, 1.807) is 24.0 Å². The first-order chi connectivity index (χ1) is 11.0. The molecule has 0 aromatic carbocycles. The van der Waals surface area contributed by atoms with Crippen LogP contribution in [0.1, 0.15) is 11.5 Å². The van der Waals surface area contributed by atoms with Crippen LogP contribution in [0.4, 0.5) is 4.79 Å². The van der Waals surface area contributed by atoms with E-state index in [1.807, 2.05) is 0 Å². The fraction of sp³-hybridized carbons (Fsp3) is 0.400. The number of nitrogens with zero attached hydrogens (tertiary/aromatic N) is 2.